The molecular weight excluding hydrogens is 535 g/mol. The van der Waals surface area contributed by atoms with Gasteiger partial charge >= 0.3 is 0 Å². The third-order valence-corrected chi connectivity index (χ3v) is 8.68. The zero-order valence-corrected chi connectivity index (χ0v) is 24.6. The lowest BCUT2D eigenvalue weighted by molar-refractivity contribution is 0.0713. The number of hydrogen-bond acceptors (Lipinski definition) is 8. The van der Waals surface area contributed by atoms with Crippen molar-refractivity contribution in [1.29, 1.82) is 0 Å². The van der Waals surface area contributed by atoms with Crippen LogP contribution in [0.2, 0.25) is 0 Å². The molecule has 0 N–H and O–H groups in total. The standard InChI is InChI=1S/C32H39FN6O3/c1-4-39(21(2)3)32(40)24-18-22(33)7-8-27(24)42-29-19-34-20-36-31(29)38-15-10-23(11-16-38)41-28-9-13-35-25-12-17-37-14-5-6-26(37)30(25)28/h7-9,13,18-21,23,26H,4-6,10-12,14-17H2,1-3H3/t26-/m1/s1. The summed E-state index contributed by atoms with van der Waals surface area (Å²) in [6.45, 7) is 9.97. The summed E-state index contributed by atoms with van der Waals surface area (Å²) in [7, 11) is 0. The Morgan fingerprint density at radius 1 is 1.07 bits per heavy atom. The van der Waals surface area contributed by atoms with Crippen LogP contribution in [0.3, 0.4) is 0 Å². The van der Waals surface area contributed by atoms with Crippen LogP contribution in [-0.2, 0) is 6.42 Å². The van der Waals surface area contributed by atoms with Gasteiger partial charge < -0.3 is 19.3 Å². The maximum atomic E-state index is 14.3. The van der Waals surface area contributed by atoms with E-state index in [1.165, 1.54) is 48.6 Å². The Balaban J connectivity index is 1.16. The number of fused-ring (bicyclic) bond motifs is 3. The molecule has 1 amide bonds. The van der Waals surface area contributed by atoms with Crippen molar-refractivity contribution in [3.05, 3.63) is 65.6 Å². The number of ether oxygens (including phenoxy) is 2. The van der Waals surface area contributed by atoms with Gasteiger partial charge in [0.1, 0.15) is 29.7 Å². The number of nitrogens with zero attached hydrogens (tertiary/aromatic N) is 6. The van der Waals surface area contributed by atoms with Gasteiger partial charge in [-0.15, -0.1) is 0 Å². The van der Waals surface area contributed by atoms with E-state index in [4.69, 9.17) is 9.47 Å². The van der Waals surface area contributed by atoms with Gasteiger partial charge in [-0.1, -0.05) is 0 Å². The van der Waals surface area contributed by atoms with Gasteiger partial charge in [0, 0.05) is 69.3 Å². The maximum Gasteiger partial charge on any atom is 0.257 e. The summed E-state index contributed by atoms with van der Waals surface area (Å²) in [5.74, 6) is 1.56. The number of amides is 1. The summed E-state index contributed by atoms with van der Waals surface area (Å²) in [4.78, 5) is 33.1. The normalized spacial score (nSPS) is 19.0. The molecule has 222 valence electrons. The molecule has 5 heterocycles. The second-order valence-electron chi connectivity index (χ2n) is 11.6. The third kappa shape index (κ3) is 5.64. The SMILES string of the molecule is CCN(C(=O)c1cc(F)ccc1Oc1cncnc1N1CCC(Oc2ccnc3c2[C@H]2CCCN2CC3)CC1)C(C)C. The highest BCUT2D eigenvalue weighted by atomic mass is 19.1. The van der Waals surface area contributed by atoms with E-state index in [0.717, 1.165) is 51.2 Å². The molecule has 9 nitrogen and oxygen atoms in total. The highest BCUT2D eigenvalue weighted by Gasteiger charge is 2.35. The lowest BCUT2D eigenvalue weighted by Crippen LogP contribution is -2.39. The van der Waals surface area contributed by atoms with E-state index in [9.17, 15) is 9.18 Å². The van der Waals surface area contributed by atoms with Gasteiger partial charge in [-0.25, -0.2) is 14.4 Å². The molecule has 0 unspecified atom stereocenters. The number of carbonyl (C=O) groups excluding carboxylic acids is 1. The largest absolute Gasteiger partial charge is 0.490 e. The lowest BCUT2D eigenvalue weighted by atomic mass is 9.96. The van der Waals surface area contributed by atoms with Crippen LogP contribution in [0.4, 0.5) is 10.2 Å². The second kappa shape index (κ2) is 12.2. The Morgan fingerprint density at radius 3 is 2.69 bits per heavy atom. The number of hydrogen-bond donors (Lipinski definition) is 0. The number of aromatic nitrogens is 3. The van der Waals surface area contributed by atoms with Crippen molar-refractivity contribution in [2.45, 2.75) is 71.1 Å². The number of piperidine rings is 1. The van der Waals surface area contributed by atoms with E-state index in [-0.39, 0.29) is 29.4 Å². The molecule has 10 heteroatoms. The summed E-state index contributed by atoms with van der Waals surface area (Å²) in [5, 5.41) is 0. The van der Waals surface area contributed by atoms with Crippen molar-refractivity contribution in [3.63, 3.8) is 0 Å². The summed E-state index contributed by atoms with van der Waals surface area (Å²) >= 11 is 0. The van der Waals surface area contributed by atoms with Gasteiger partial charge in [0.05, 0.1) is 17.5 Å². The molecule has 0 spiro atoms. The first-order valence-electron chi connectivity index (χ1n) is 15.1. The smallest absolute Gasteiger partial charge is 0.257 e. The minimum Gasteiger partial charge on any atom is -0.490 e. The molecule has 2 saturated heterocycles. The van der Waals surface area contributed by atoms with Gasteiger partial charge in [0.2, 0.25) is 0 Å². The number of anilines is 1. The zero-order chi connectivity index (χ0) is 29.2. The molecule has 3 aliphatic heterocycles. The van der Waals surface area contributed by atoms with Crippen molar-refractivity contribution in [1.82, 2.24) is 24.8 Å². The molecule has 0 saturated carbocycles. The first kappa shape index (κ1) is 28.3. The average molecular weight is 575 g/mol. The van der Waals surface area contributed by atoms with E-state index in [1.54, 1.807) is 11.1 Å². The van der Waals surface area contributed by atoms with Crippen LogP contribution in [-0.4, -0.2) is 75.5 Å². The first-order chi connectivity index (χ1) is 20.4. The predicted molar refractivity (Wildman–Crippen MR) is 158 cm³/mol. The summed E-state index contributed by atoms with van der Waals surface area (Å²) in [5.41, 5.74) is 2.65. The molecule has 2 fully saturated rings. The fourth-order valence-corrected chi connectivity index (χ4v) is 6.58. The first-order valence-corrected chi connectivity index (χ1v) is 15.1. The molecule has 1 aromatic carbocycles. The fraction of sp³-hybridized carbons (Fsp3) is 0.500. The van der Waals surface area contributed by atoms with Crippen molar-refractivity contribution < 1.29 is 18.7 Å². The van der Waals surface area contributed by atoms with Crippen LogP contribution in [0.5, 0.6) is 17.2 Å². The summed E-state index contributed by atoms with van der Waals surface area (Å²) in [6, 6.07) is 6.45. The minimum atomic E-state index is -0.492. The van der Waals surface area contributed by atoms with Crippen molar-refractivity contribution in [3.8, 4) is 17.2 Å². The molecular formula is C32H39FN6O3. The van der Waals surface area contributed by atoms with Gasteiger partial charge in [-0.2, -0.15) is 0 Å². The quantitative estimate of drug-likeness (QED) is 0.353. The van der Waals surface area contributed by atoms with Crippen molar-refractivity contribution in [2.24, 2.45) is 0 Å². The number of halogens is 1. The zero-order valence-electron chi connectivity index (χ0n) is 24.6. The molecule has 6 rings (SSSR count). The van der Waals surface area contributed by atoms with Gasteiger partial charge in [-0.3, -0.25) is 14.7 Å². The van der Waals surface area contributed by atoms with E-state index in [2.05, 4.69) is 24.8 Å². The molecule has 0 aliphatic carbocycles. The monoisotopic (exact) mass is 574 g/mol. The van der Waals surface area contributed by atoms with Crippen LogP contribution in [0.25, 0.3) is 0 Å². The van der Waals surface area contributed by atoms with Crippen LogP contribution >= 0.6 is 0 Å². The third-order valence-electron chi connectivity index (χ3n) is 8.68. The lowest BCUT2D eigenvalue weighted by Gasteiger charge is -2.36. The summed E-state index contributed by atoms with van der Waals surface area (Å²) < 4.78 is 27.1. The van der Waals surface area contributed by atoms with Crippen LogP contribution in [0.15, 0.2) is 43.0 Å². The Bertz CT molecular complexity index is 1430. The topological polar surface area (TPSA) is 83.9 Å². The predicted octanol–water partition coefficient (Wildman–Crippen LogP) is 5.41. The maximum absolute atomic E-state index is 14.3. The number of carbonyl (C=O) groups is 1. The number of rotatable bonds is 8. The minimum absolute atomic E-state index is 0.0347. The van der Waals surface area contributed by atoms with Gasteiger partial charge in [0.25, 0.3) is 5.91 Å². The fourth-order valence-electron chi connectivity index (χ4n) is 6.58. The van der Waals surface area contributed by atoms with Gasteiger partial charge in [-0.05, 0) is 64.4 Å². The van der Waals surface area contributed by atoms with E-state index in [1.807, 2.05) is 33.0 Å². The van der Waals surface area contributed by atoms with E-state index in [0.29, 0.717) is 24.2 Å². The van der Waals surface area contributed by atoms with E-state index < -0.39 is 5.82 Å². The molecule has 1 atom stereocenters. The van der Waals surface area contributed by atoms with Crippen LogP contribution < -0.4 is 14.4 Å². The second-order valence-corrected chi connectivity index (χ2v) is 11.6. The Morgan fingerprint density at radius 2 is 1.90 bits per heavy atom. The number of benzene rings is 1. The van der Waals surface area contributed by atoms with Crippen LogP contribution in [0, 0.1) is 5.82 Å². The molecule has 42 heavy (non-hydrogen) atoms. The van der Waals surface area contributed by atoms with E-state index >= 15 is 0 Å². The number of pyridine rings is 1. The molecule has 3 aliphatic rings. The molecule has 0 radical (unpaired) electrons. The highest BCUT2D eigenvalue weighted by Crippen LogP contribution is 2.42. The van der Waals surface area contributed by atoms with Gasteiger partial charge in [0.15, 0.2) is 11.6 Å². The van der Waals surface area contributed by atoms with Crippen LogP contribution in [0.1, 0.15) is 74.1 Å². The average Bonchev–Trinajstić information content (AvgIpc) is 3.48. The molecule has 0 bridgehead atoms. The Hall–Kier alpha value is -3.79. The van der Waals surface area contributed by atoms with Crippen molar-refractivity contribution in [2.75, 3.05) is 37.6 Å². The molecule has 3 aromatic rings. The Kier molecular flexibility index (Phi) is 8.24. The molecule has 2 aromatic heterocycles. The summed E-state index contributed by atoms with van der Waals surface area (Å²) in [6.07, 6.45) is 10.1. The van der Waals surface area contributed by atoms with Crippen molar-refractivity contribution >= 4 is 11.7 Å². The highest BCUT2D eigenvalue weighted by molar-refractivity contribution is 5.97. The Labute approximate surface area is 246 Å².